The van der Waals surface area contributed by atoms with Gasteiger partial charge in [0.15, 0.2) is 5.82 Å². The van der Waals surface area contributed by atoms with Crippen LogP contribution >= 0.6 is 0 Å². The second-order valence-electron chi connectivity index (χ2n) is 3.65. The molecule has 0 saturated heterocycles. The highest BCUT2D eigenvalue weighted by molar-refractivity contribution is 5.92. The normalized spacial score (nSPS) is 12.5. The van der Waals surface area contributed by atoms with Gasteiger partial charge in [-0.1, -0.05) is 6.92 Å². The Labute approximate surface area is 89.4 Å². The van der Waals surface area contributed by atoms with E-state index in [2.05, 4.69) is 15.5 Å². The van der Waals surface area contributed by atoms with Gasteiger partial charge in [-0.2, -0.15) is 5.10 Å². The number of carbonyl (C=O) groups is 1. The molecular formula is C10H18N4O. The number of aryl methyl sites for hydroxylation is 1. The number of nitrogens with zero attached hydrogens (tertiary/aromatic N) is 1. The molecule has 1 unspecified atom stereocenters. The highest BCUT2D eigenvalue weighted by Crippen LogP contribution is 2.15. The van der Waals surface area contributed by atoms with E-state index in [4.69, 9.17) is 5.73 Å². The van der Waals surface area contributed by atoms with Crippen molar-refractivity contribution in [3.05, 3.63) is 11.3 Å². The largest absolute Gasteiger partial charge is 0.330 e. The van der Waals surface area contributed by atoms with E-state index in [1.807, 2.05) is 20.8 Å². The van der Waals surface area contributed by atoms with Gasteiger partial charge >= 0.3 is 0 Å². The Morgan fingerprint density at radius 1 is 1.60 bits per heavy atom. The summed E-state index contributed by atoms with van der Waals surface area (Å²) in [5.41, 5.74) is 7.42. The van der Waals surface area contributed by atoms with Crippen LogP contribution in [-0.4, -0.2) is 22.6 Å². The Balaban J connectivity index is 2.70. The summed E-state index contributed by atoms with van der Waals surface area (Å²) >= 11 is 0. The molecule has 0 spiro atoms. The van der Waals surface area contributed by atoms with Gasteiger partial charge in [0.1, 0.15) is 0 Å². The molecule has 0 saturated carbocycles. The number of hydrogen-bond acceptors (Lipinski definition) is 3. The van der Waals surface area contributed by atoms with E-state index in [9.17, 15) is 4.79 Å². The topological polar surface area (TPSA) is 83.8 Å². The lowest BCUT2D eigenvalue weighted by molar-refractivity contribution is -0.119. The van der Waals surface area contributed by atoms with E-state index >= 15 is 0 Å². The molecule has 84 valence electrons. The number of amides is 1. The minimum atomic E-state index is -0.138. The molecule has 5 nitrogen and oxygen atoms in total. The molecule has 0 fully saturated rings. The number of aromatic amines is 1. The van der Waals surface area contributed by atoms with E-state index in [0.717, 1.165) is 17.7 Å². The fraction of sp³-hybridized carbons (Fsp3) is 0.600. The number of H-pyrrole nitrogens is 1. The summed E-state index contributed by atoms with van der Waals surface area (Å²) in [7, 11) is 0. The summed E-state index contributed by atoms with van der Waals surface area (Å²) in [4.78, 5) is 11.7. The van der Waals surface area contributed by atoms with Crippen LogP contribution in [-0.2, 0) is 4.79 Å². The molecule has 0 aromatic carbocycles. The van der Waals surface area contributed by atoms with Gasteiger partial charge in [-0.15, -0.1) is 0 Å². The lowest BCUT2D eigenvalue weighted by atomic mass is 10.1. The van der Waals surface area contributed by atoms with Crippen molar-refractivity contribution in [1.82, 2.24) is 10.2 Å². The maximum absolute atomic E-state index is 11.7. The highest BCUT2D eigenvalue weighted by Gasteiger charge is 2.16. The van der Waals surface area contributed by atoms with Crippen molar-refractivity contribution in [3.63, 3.8) is 0 Å². The molecule has 1 rings (SSSR count). The van der Waals surface area contributed by atoms with E-state index in [0.29, 0.717) is 12.4 Å². The summed E-state index contributed by atoms with van der Waals surface area (Å²) in [6, 6.07) is 0. The third-order valence-electron chi connectivity index (χ3n) is 2.64. The average molecular weight is 210 g/mol. The lowest BCUT2D eigenvalue weighted by Crippen LogP contribution is -2.29. The summed E-state index contributed by atoms with van der Waals surface area (Å²) in [5, 5.41) is 9.60. The van der Waals surface area contributed by atoms with E-state index in [-0.39, 0.29) is 11.8 Å². The number of carbonyl (C=O) groups excluding carboxylic acids is 1. The zero-order valence-corrected chi connectivity index (χ0v) is 9.42. The summed E-state index contributed by atoms with van der Waals surface area (Å²) in [6.45, 7) is 6.14. The first-order valence-corrected chi connectivity index (χ1v) is 5.12. The van der Waals surface area contributed by atoms with E-state index < -0.39 is 0 Å². The maximum Gasteiger partial charge on any atom is 0.229 e. The van der Waals surface area contributed by atoms with Crippen molar-refractivity contribution >= 4 is 11.7 Å². The third kappa shape index (κ3) is 2.56. The van der Waals surface area contributed by atoms with Crippen LogP contribution in [0.1, 0.15) is 24.6 Å². The van der Waals surface area contributed by atoms with Crippen LogP contribution in [0.2, 0.25) is 0 Å². The van der Waals surface area contributed by atoms with Crippen LogP contribution in [0.25, 0.3) is 0 Å². The predicted octanol–water partition coefficient (Wildman–Crippen LogP) is 0.950. The zero-order valence-electron chi connectivity index (χ0n) is 9.42. The molecule has 4 N–H and O–H groups in total. The average Bonchev–Trinajstić information content (AvgIpc) is 2.52. The molecule has 1 heterocycles. The van der Waals surface area contributed by atoms with Gasteiger partial charge < -0.3 is 11.1 Å². The predicted molar refractivity (Wildman–Crippen MR) is 59.5 cm³/mol. The van der Waals surface area contributed by atoms with E-state index in [1.165, 1.54) is 0 Å². The molecule has 1 atom stereocenters. The molecule has 0 aliphatic rings. The Kier molecular flexibility index (Phi) is 3.85. The van der Waals surface area contributed by atoms with Crippen LogP contribution in [0.5, 0.6) is 0 Å². The molecule has 0 aliphatic carbocycles. The summed E-state index contributed by atoms with van der Waals surface area (Å²) in [5.74, 6) is 0.403. The second-order valence-corrected chi connectivity index (χ2v) is 3.65. The SMILES string of the molecule is CCC(CN)C(=O)Nc1n[nH]c(C)c1C. The highest BCUT2D eigenvalue weighted by atomic mass is 16.2. The van der Waals surface area contributed by atoms with Crippen molar-refractivity contribution in [1.29, 1.82) is 0 Å². The van der Waals surface area contributed by atoms with Gasteiger partial charge in [-0.3, -0.25) is 9.89 Å². The van der Waals surface area contributed by atoms with Crippen LogP contribution < -0.4 is 11.1 Å². The molecule has 1 amide bonds. The second kappa shape index (κ2) is 4.93. The quantitative estimate of drug-likeness (QED) is 0.691. The first kappa shape index (κ1) is 11.7. The van der Waals surface area contributed by atoms with Gasteiger partial charge in [0.2, 0.25) is 5.91 Å². The molecule has 1 aromatic heterocycles. The summed E-state index contributed by atoms with van der Waals surface area (Å²) < 4.78 is 0. The minimum absolute atomic E-state index is 0.0606. The van der Waals surface area contributed by atoms with Gasteiger partial charge in [0.05, 0.1) is 5.92 Å². The molecule has 0 aliphatic heterocycles. The van der Waals surface area contributed by atoms with Crippen molar-refractivity contribution < 1.29 is 4.79 Å². The number of anilines is 1. The van der Waals surface area contributed by atoms with Crippen LogP contribution in [0.15, 0.2) is 0 Å². The van der Waals surface area contributed by atoms with Crippen molar-refractivity contribution in [2.24, 2.45) is 11.7 Å². The van der Waals surface area contributed by atoms with Crippen LogP contribution in [0.4, 0.5) is 5.82 Å². The van der Waals surface area contributed by atoms with Gasteiger partial charge in [0, 0.05) is 17.8 Å². The molecule has 5 heteroatoms. The number of nitrogens with two attached hydrogens (primary N) is 1. The lowest BCUT2D eigenvalue weighted by Gasteiger charge is -2.11. The summed E-state index contributed by atoms with van der Waals surface area (Å²) in [6.07, 6.45) is 0.741. The molecular weight excluding hydrogens is 192 g/mol. The first-order valence-electron chi connectivity index (χ1n) is 5.12. The Morgan fingerprint density at radius 3 is 2.67 bits per heavy atom. The van der Waals surface area contributed by atoms with Crippen LogP contribution in [0.3, 0.4) is 0 Å². The maximum atomic E-state index is 11.7. The number of hydrogen-bond donors (Lipinski definition) is 3. The number of aromatic nitrogens is 2. The van der Waals surface area contributed by atoms with Gasteiger partial charge in [-0.05, 0) is 20.3 Å². The zero-order chi connectivity index (χ0) is 11.4. The Hall–Kier alpha value is -1.36. The Bertz CT molecular complexity index is 341. The Morgan fingerprint density at radius 2 is 2.27 bits per heavy atom. The fourth-order valence-corrected chi connectivity index (χ4v) is 1.28. The molecule has 15 heavy (non-hydrogen) atoms. The molecule has 0 radical (unpaired) electrons. The standard InChI is InChI=1S/C10H18N4O/c1-4-8(5-11)10(15)12-9-6(2)7(3)13-14-9/h8H,4-5,11H2,1-3H3,(H2,12,13,14,15). The van der Waals surface area contributed by atoms with Crippen molar-refractivity contribution in [2.45, 2.75) is 27.2 Å². The molecule has 0 bridgehead atoms. The monoisotopic (exact) mass is 210 g/mol. The van der Waals surface area contributed by atoms with Crippen LogP contribution in [0, 0.1) is 19.8 Å². The van der Waals surface area contributed by atoms with Gasteiger partial charge in [-0.25, -0.2) is 0 Å². The van der Waals surface area contributed by atoms with Crippen molar-refractivity contribution in [2.75, 3.05) is 11.9 Å². The third-order valence-corrected chi connectivity index (χ3v) is 2.64. The number of rotatable bonds is 4. The fourth-order valence-electron chi connectivity index (χ4n) is 1.28. The first-order chi connectivity index (χ1) is 7.10. The van der Waals surface area contributed by atoms with E-state index in [1.54, 1.807) is 0 Å². The van der Waals surface area contributed by atoms with Gasteiger partial charge in [0.25, 0.3) is 0 Å². The minimum Gasteiger partial charge on any atom is -0.330 e. The number of nitrogens with one attached hydrogen (secondary N) is 2. The molecule has 1 aromatic rings. The van der Waals surface area contributed by atoms with Crippen molar-refractivity contribution in [3.8, 4) is 0 Å². The smallest absolute Gasteiger partial charge is 0.229 e.